The summed E-state index contributed by atoms with van der Waals surface area (Å²) in [5, 5.41) is 20.0. The molecule has 0 unspecified atom stereocenters. The van der Waals surface area contributed by atoms with Crippen LogP contribution in [0.15, 0.2) is 53.7 Å². The fourth-order valence-corrected chi connectivity index (χ4v) is 3.72. The minimum atomic E-state index is -0.417. The average Bonchev–Trinajstić information content (AvgIpc) is 3.22. The monoisotopic (exact) mass is 368 g/mol. The summed E-state index contributed by atoms with van der Waals surface area (Å²) in [6.07, 6.45) is 0. The van der Waals surface area contributed by atoms with Gasteiger partial charge in [0.05, 0.1) is 4.92 Å². The number of rotatable bonds is 4. The van der Waals surface area contributed by atoms with Crippen molar-refractivity contribution < 1.29 is 4.92 Å². The van der Waals surface area contributed by atoms with Gasteiger partial charge in [-0.1, -0.05) is 23.9 Å². The molecule has 2 heterocycles. The van der Waals surface area contributed by atoms with Gasteiger partial charge in [0.15, 0.2) is 5.82 Å². The van der Waals surface area contributed by atoms with Gasteiger partial charge in [0.25, 0.3) is 5.69 Å². The van der Waals surface area contributed by atoms with E-state index >= 15 is 0 Å². The lowest BCUT2D eigenvalue weighted by atomic mass is 10.2. The fourth-order valence-electron chi connectivity index (χ4n) is 2.72. The third-order valence-corrected chi connectivity index (χ3v) is 5.24. The summed E-state index contributed by atoms with van der Waals surface area (Å²) in [6.45, 7) is 0. The first-order valence-corrected chi connectivity index (χ1v) is 8.81. The van der Waals surface area contributed by atoms with Gasteiger partial charge in [0.2, 0.25) is 5.16 Å². The van der Waals surface area contributed by atoms with Gasteiger partial charge in [-0.05, 0) is 29.8 Å². The lowest BCUT2D eigenvalue weighted by molar-refractivity contribution is -0.384. The molecule has 0 fully saturated rings. The number of thioether (sulfide) groups is 1. The molecule has 132 valence electrons. The zero-order valence-corrected chi connectivity index (χ0v) is 15.0. The highest BCUT2D eigenvalue weighted by Crippen LogP contribution is 2.40. The van der Waals surface area contributed by atoms with Gasteiger partial charge in [-0.2, -0.15) is 0 Å². The number of fused-ring (bicyclic) bond motifs is 1. The molecule has 9 heteroatoms. The number of nitrogens with one attached hydrogen (secondary N) is 1. The summed E-state index contributed by atoms with van der Waals surface area (Å²) in [7, 11) is 4.02. The summed E-state index contributed by atoms with van der Waals surface area (Å²) < 4.78 is 1.83. The summed E-state index contributed by atoms with van der Waals surface area (Å²) in [5.74, 6) is 0.634. The molecule has 0 saturated heterocycles. The van der Waals surface area contributed by atoms with E-state index in [9.17, 15) is 10.1 Å². The number of hydrogen-bond acceptors (Lipinski definition) is 7. The Morgan fingerprint density at radius 2 is 1.81 bits per heavy atom. The molecular formula is C17H16N6O2S. The minimum Gasteiger partial charge on any atom is -0.378 e. The number of aromatic nitrogens is 3. The molecule has 0 aliphatic carbocycles. The Morgan fingerprint density at radius 3 is 2.42 bits per heavy atom. The number of non-ortho nitro benzene ring substituents is 1. The predicted molar refractivity (Wildman–Crippen MR) is 101 cm³/mol. The van der Waals surface area contributed by atoms with E-state index in [0.29, 0.717) is 5.82 Å². The van der Waals surface area contributed by atoms with Crippen molar-refractivity contribution in [3.05, 3.63) is 64.2 Å². The topological polar surface area (TPSA) is 89.1 Å². The van der Waals surface area contributed by atoms with E-state index in [1.807, 2.05) is 18.8 Å². The molecule has 4 rings (SSSR count). The van der Waals surface area contributed by atoms with Crippen LogP contribution in [0, 0.1) is 10.1 Å². The van der Waals surface area contributed by atoms with Crippen LogP contribution in [-0.2, 0) is 0 Å². The van der Waals surface area contributed by atoms with Crippen molar-refractivity contribution in [3.63, 3.8) is 0 Å². The fraction of sp³-hybridized carbons (Fsp3) is 0.176. The third kappa shape index (κ3) is 2.86. The van der Waals surface area contributed by atoms with E-state index in [-0.39, 0.29) is 11.1 Å². The maximum absolute atomic E-state index is 10.8. The van der Waals surface area contributed by atoms with Crippen LogP contribution in [0.25, 0.3) is 11.4 Å². The second-order valence-electron chi connectivity index (χ2n) is 6.06. The van der Waals surface area contributed by atoms with Gasteiger partial charge in [-0.25, -0.2) is 4.68 Å². The normalized spacial score (nSPS) is 15.4. The first-order valence-electron chi connectivity index (χ1n) is 7.93. The second-order valence-corrected chi connectivity index (χ2v) is 7.13. The van der Waals surface area contributed by atoms with Crippen molar-refractivity contribution >= 4 is 23.1 Å². The van der Waals surface area contributed by atoms with E-state index in [0.717, 1.165) is 22.0 Å². The molecule has 8 nitrogen and oxygen atoms in total. The molecule has 1 aromatic heterocycles. The van der Waals surface area contributed by atoms with Crippen LogP contribution < -0.4 is 10.3 Å². The molecule has 0 bridgehead atoms. The van der Waals surface area contributed by atoms with Crippen molar-refractivity contribution in [1.82, 2.24) is 14.9 Å². The summed E-state index contributed by atoms with van der Waals surface area (Å²) in [6, 6.07) is 14.6. The van der Waals surface area contributed by atoms with Crippen molar-refractivity contribution in [2.75, 3.05) is 24.4 Å². The number of anilines is 1. The van der Waals surface area contributed by atoms with Crippen LogP contribution in [0.2, 0.25) is 0 Å². The summed E-state index contributed by atoms with van der Waals surface area (Å²) in [4.78, 5) is 12.4. The first kappa shape index (κ1) is 16.4. The molecular weight excluding hydrogens is 352 g/mol. The molecule has 0 spiro atoms. The smallest absolute Gasteiger partial charge is 0.269 e. The quantitative estimate of drug-likeness (QED) is 0.558. The molecule has 1 N–H and O–H groups in total. The molecule has 0 radical (unpaired) electrons. The Hall–Kier alpha value is -3.07. The molecule has 3 aromatic rings. The molecule has 0 amide bonds. The highest BCUT2D eigenvalue weighted by molar-refractivity contribution is 7.99. The predicted octanol–water partition coefficient (Wildman–Crippen LogP) is 3.27. The van der Waals surface area contributed by atoms with Gasteiger partial charge in [0.1, 0.15) is 5.37 Å². The molecule has 1 atom stereocenters. The largest absolute Gasteiger partial charge is 0.378 e. The lowest BCUT2D eigenvalue weighted by Gasteiger charge is -2.15. The highest BCUT2D eigenvalue weighted by atomic mass is 32.2. The van der Waals surface area contributed by atoms with Crippen molar-refractivity contribution in [2.24, 2.45) is 0 Å². The summed E-state index contributed by atoms with van der Waals surface area (Å²) in [5.41, 5.74) is 6.49. The Bertz CT molecular complexity index is 952. The van der Waals surface area contributed by atoms with Gasteiger partial charge in [0, 0.05) is 37.5 Å². The molecule has 0 saturated carbocycles. The van der Waals surface area contributed by atoms with E-state index in [4.69, 9.17) is 0 Å². The number of nitro benzene ring substituents is 1. The number of nitro groups is 1. The molecule has 1 aliphatic rings. The zero-order chi connectivity index (χ0) is 18.3. The van der Waals surface area contributed by atoms with E-state index in [1.165, 1.54) is 12.1 Å². The first-order chi connectivity index (χ1) is 12.5. The van der Waals surface area contributed by atoms with Crippen LogP contribution in [-0.4, -0.2) is 33.9 Å². The molecule has 2 aromatic carbocycles. The van der Waals surface area contributed by atoms with Crippen LogP contribution in [0.5, 0.6) is 0 Å². The van der Waals surface area contributed by atoms with Crippen LogP contribution in [0.3, 0.4) is 0 Å². The van der Waals surface area contributed by atoms with E-state index in [1.54, 1.807) is 23.9 Å². The maximum Gasteiger partial charge on any atom is 0.269 e. The Balaban J connectivity index is 1.58. The average molecular weight is 368 g/mol. The van der Waals surface area contributed by atoms with Crippen LogP contribution >= 0.6 is 11.8 Å². The van der Waals surface area contributed by atoms with Crippen molar-refractivity contribution in [3.8, 4) is 11.4 Å². The Labute approximate surface area is 154 Å². The van der Waals surface area contributed by atoms with E-state index in [2.05, 4.69) is 44.8 Å². The Morgan fingerprint density at radius 1 is 1.12 bits per heavy atom. The minimum absolute atomic E-state index is 0.0357. The third-order valence-electron chi connectivity index (χ3n) is 4.15. The highest BCUT2D eigenvalue weighted by Gasteiger charge is 2.28. The maximum atomic E-state index is 10.8. The van der Waals surface area contributed by atoms with E-state index < -0.39 is 4.92 Å². The number of nitrogens with zero attached hydrogens (tertiary/aromatic N) is 5. The van der Waals surface area contributed by atoms with Gasteiger partial charge in [-0.3, -0.25) is 10.1 Å². The molecule has 1 aliphatic heterocycles. The summed E-state index contributed by atoms with van der Waals surface area (Å²) >= 11 is 1.58. The van der Waals surface area contributed by atoms with Crippen molar-refractivity contribution in [2.45, 2.75) is 10.5 Å². The van der Waals surface area contributed by atoms with Gasteiger partial charge in [-0.15, -0.1) is 10.2 Å². The molecule has 26 heavy (non-hydrogen) atoms. The number of hydrogen-bond donors (Lipinski definition) is 1. The Kier molecular flexibility index (Phi) is 4.00. The second kappa shape index (κ2) is 6.34. The zero-order valence-electron chi connectivity index (χ0n) is 14.2. The van der Waals surface area contributed by atoms with Crippen molar-refractivity contribution in [1.29, 1.82) is 0 Å². The van der Waals surface area contributed by atoms with Crippen LogP contribution in [0.1, 0.15) is 10.9 Å². The van der Waals surface area contributed by atoms with Crippen LogP contribution in [0.4, 0.5) is 11.4 Å². The van der Waals surface area contributed by atoms with Gasteiger partial charge < -0.3 is 10.3 Å². The lowest BCUT2D eigenvalue weighted by Crippen LogP contribution is -2.14. The standard InChI is InChI=1S/C17H16N6O2S/c1-21(2)13-7-5-12(6-8-13)16-20-22-15(18-19-17(22)26-16)11-3-9-14(10-4-11)23(24)25/h3-10,16,20H,1-2H3/t16-/m0/s1. The van der Waals surface area contributed by atoms with Gasteiger partial charge >= 0.3 is 0 Å². The number of benzene rings is 2. The SMILES string of the molecule is CN(C)c1ccc([C@H]2Nn3c(nnc3-c3ccc([N+](=O)[O-])cc3)S2)cc1.